The number of benzene rings is 1. The molecule has 0 heterocycles. The average molecular weight is 270 g/mol. The smallest absolute Gasteiger partial charge is 0.166 e. The van der Waals surface area contributed by atoms with Crippen LogP contribution in [-0.2, 0) is 12.6 Å². The zero-order valence-electron chi connectivity index (χ0n) is 11.6. The fraction of sp³-hybridized carbons (Fsp3) is 0.625. The number of halogens is 3. The third kappa shape index (κ3) is 3.13. The maximum atomic E-state index is 12.8. The summed E-state index contributed by atoms with van der Waals surface area (Å²) >= 11 is 0. The Labute approximate surface area is 113 Å². The van der Waals surface area contributed by atoms with Crippen molar-refractivity contribution >= 4 is 0 Å². The first-order valence-corrected chi connectivity index (χ1v) is 7.13. The molecule has 1 aromatic carbocycles. The van der Waals surface area contributed by atoms with Gasteiger partial charge in [0.1, 0.15) is 0 Å². The molecule has 0 aromatic heterocycles. The topological polar surface area (TPSA) is 0 Å². The van der Waals surface area contributed by atoms with E-state index < -0.39 is 11.7 Å². The SMILES string of the molecule is CCc1cc(C(F)(F)F)ccc1C1CCCCC1C. The fourth-order valence-electron chi connectivity index (χ4n) is 3.23. The van der Waals surface area contributed by atoms with Crippen molar-refractivity contribution in [3.05, 3.63) is 34.9 Å². The second kappa shape index (κ2) is 5.56. The summed E-state index contributed by atoms with van der Waals surface area (Å²) in [6, 6.07) is 4.31. The van der Waals surface area contributed by atoms with Crippen molar-refractivity contribution in [1.82, 2.24) is 0 Å². The van der Waals surface area contributed by atoms with Gasteiger partial charge < -0.3 is 0 Å². The van der Waals surface area contributed by atoms with Gasteiger partial charge in [-0.25, -0.2) is 0 Å². The molecule has 0 saturated heterocycles. The van der Waals surface area contributed by atoms with Crippen LogP contribution >= 0.6 is 0 Å². The molecule has 3 heteroatoms. The van der Waals surface area contributed by atoms with Gasteiger partial charge in [0.05, 0.1) is 5.56 Å². The van der Waals surface area contributed by atoms with Crippen molar-refractivity contribution in [3.8, 4) is 0 Å². The fourth-order valence-corrected chi connectivity index (χ4v) is 3.23. The lowest BCUT2D eigenvalue weighted by Crippen LogP contribution is -2.17. The molecule has 1 aliphatic rings. The van der Waals surface area contributed by atoms with E-state index in [1.54, 1.807) is 6.07 Å². The number of aryl methyl sites for hydroxylation is 1. The summed E-state index contributed by atoms with van der Waals surface area (Å²) in [4.78, 5) is 0. The van der Waals surface area contributed by atoms with Gasteiger partial charge in [0.25, 0.3) is 0 Å². The average Bonchev–Trinajstić information content (AvgIpc) is 2.37. The molecular formula is C16H21F3. The van der Waals surface area contributed by atoms with Crippen LogP contribution in [0.15, 0.2) is 18.2 Å². The molecule has 2 atom stereocenters. The first kappa shape index (κ1) is 14.4. The third-order valence-corrected chi connectivity index (χ3v) is 4.36. The van der Waals surface area contributed by atoms with Gasteiger partial charge in [0.15, 0.2) is 0 Å². The third-order valence-electron chi connectivity index (χ3n) is 4.36. The summed E-state index contributed by atoms with van der Waals surface area (Å²) in [6.07, 6.45) is 1.18. The van der Waals surface area contributed by atoms with Gasteiger partial charge in [-0.2, -0.15) is 13.2 Å². The van der Waals surface area contributed by atoms with Crippen molar-refractivity contribution < 1.29 is 13.2 Å². The van der Waals surface area contributed by atoms with E-state index in [2.05, 4.69) is 6.92 Å². The number of hydrogen-bond donors (Lipinski definition) is 0. The van der Waals surface area contributed by atoms with Crippen LogP contribution in [0.2, 0.25) is 0 Å². The van der Waals surface area contributed by atoms with Gasteiger partial charge in [-0.3, -0.25) is 0 Å². The molecule has 0 aliphatic heterocycles. The molecule has 1 aliphatic carbocycles. The second-order valence-electron chi connectivity index (χ2n) is 5.63. The van der Waals surface area contributed by atoms with Crippen LogP contribution in [0.1, 0.15) is 62.1 Å². The molecule has 2 unspecified atom stereocenters. The summed E-state index contributed by atoms with van der Waals surface area (Å²) in [5, 5.41) is 0. The van der Waals surface area contributed by atoms with Crippen molar-refractivity contribution in [2.45, 2.75) is 58.0 Å². The molecule has 106 valence electrons. The molecule has 0 spiro atoms. The van der Waals surface area contributed by atoms with Crippen LogP contribution in [0.4, 0.5) is 13.2 Å². The Hall–Kier alpha value is -0.990. The Morgan fingerprint density at radius 1 is 1.16 bits per heavy atom. The van der Waals surface area contributed by atoms with E-state index in [0.29, 0.717) is 18.3 Å². The lowest BCUT2D eigenvalue weighted by atomic mass is 9.74. The summed E-state index contributed by atoms with van der Waals surface area (Å²) in [5.74, 6) is 1.02. The largest absolute Gasteiger partial charge is 0.416 e. The summed E-state index contributed by atoms with van der Waals surface area (Å²) in [7, 11) is 0. The second-order valence-corrected chi connectivity index (χ2v) is 5.63. The molecule has 1 aromatic rings. The Bertz CT molecular complexity index is 434. The molecule has 0 N–H and O–H groups in total. The van der Waals surface area contributed by atoms with Crippen molar-refractivity contribution in [2.75, 3.05) is 0 Å². The summed E-state index contributed by atoms with van der Waals surface area (Å²) < 4.78 is 38.3. The molecule has 0 radical (unpaired) electrons. The van der Waals surface area contributed by atoms with E-state index in [0.717, 1.165) is 17.5 Å². The minimum atomic E-state index is -4.24. The highest BCUT2D eigenvalue weighted by Gasteiger charge is 2.32. The highest BCUT2D eigenvalue weighted by Crippen LogP contribution is 2.40. The minimum Gasteiger partial charge on any atom is -0.166 e. The molecule has 0 nitrogen and oxygen atoms in total. The number of rotatable bonds is 2. The normalized spacial score (nSPS) is 24.5. The number of hydrogen-bond acceptors (Lipinski definition) is 0. The Kier molecular flexibility index (Phi) is 4.22. The predicted octanol–water partition coefficient (Wildman–Crippen LogP) is 5.56. The van der Waals surface area contributed by atoms with E-state index in [4.69, 9.17) is 0 Å². The predicted molar refractivity (Wildman–Crippen MR) is 71.2 cm³/mol. The summed E-state index contributed by atoms with van der Waals surface area (Å²) in [6.45, 7) is 4.16. The highest BCUT2D eigenvalue weighted by atomic mass is 19.4. The maximum Gasteiger partial charge on any atom is 0.416 e. The molecule has 2 rings (SSSR count). The Morgan fingerprint density at radius 2 is 1.84 bits per heavy atom. The standard InChI is InChI=1S/C16H21F3/c1-3-12-10-13(16(17,18)19)8-9-15(12)14-7-5-4-6-11(14)2/h8-11,14H,3-7H2,1-2H3. The van der Waals surface area contributed by atoms with E-state index in [-0.39, 0.29) is 0 Å². The van der Waals surface area contributed by atoms with E-state index in [9.17, 15) is 13.2 Å². The van der Waals surface area contributed by atoms with Gasteiger partial charge >= 0.3 is 6.18 Å². The van der Waals surface area contributed by atoms with Gasteiger partial charge in [0.2, 0.25) is 0 Å². The van der Waals surface area contributed by atoms with Crippen LogP contribution in [0.25, 0.3) is 0 Å². The van der Waals surface area contributed by atoms with Crippen LogP contribution < -0.4 is 0 Å². The first-order chi connectivity index (χ1) is 8.93. The van der Waals surface area contributed by atoms with Gasteiger partial charge in [-0.15, -0.1) is 0 Å². The van der Waals surface area contributed by atoms with Gasteiger partial charge in [-0.05, 0) is 47.9 Å². The van der Waals surface area contributed by atoms with Crippen LogP contribution in [0, 0.1) is 5.92 Å². The quantitative estimate of drug-likeness (QED) is 0.659. The Morgan fingerprint density at radius 3 is 2.42 bits per heavy atom. The zero-order valence-corrected chi connectivity index (χ0v) is 11.6. The molecular weight excluding hydrogens is 249 g/mol. The number of alkyl halides is 3. The van der Waals surface area contributed by atoms with Crippen molar-refractivity contribution in [3.63, 3.8) is 0 Å². The lowest BCUT2D eigenvalue weighted by molar-refractivity contribution is -0.137. The maximum absolute atomic E-state index is 12.8. The van der Waals surface area contributed by atoms with E-state index in [1.165, 1.54) is 31.4 Å². The van der Waals surface area contributed by atoms with Crippen molar-refractivity contribution in [2.24, 2.45) is 5.92 Å². The highest BCUT2D eigenvalue weighted by molar-refractivity contribution is 5.36. The van der Waals surface area contributed by atoms with Gasteiger partial charge in [0, 0.05) is 0 Å². The van der Waals surface area contributed by atoms with Gasteiger partial charge in [-0.1, -0.05) is 39.2 Å². The molecule has 0 bridgehead atoms. The van der Waals surface area contributed by atoms with E-state index in [1.807, 2.05) is 6.92 Å². The lowest BCUT2D eigenvalue weighted by Gasteiger charge is -2.31. The molecule has 0 amide bonds. The van der Waals surface area contributed by atoms with E-state index >= 15 is 0 Å². The first-order valence-electron chi connectivity index (χ1n) is 7.13. The molecule has 19 heavy (non-hydrogen) atoms. The Balaban J connectivity index is 2.35. The molecule has 1 saturated carbocycles. The van der Waals surface area contributed by atoms with Crippen molar-refractivity contribution in [1.29, 1.82) is 0 Å². The zero-order chi connectivity index (χ0) is 14.0. The summed E-state index contributed by atoms with van der Waals surface area (Å²) in [5.41, 5.74) is 1.49. The molecule has 1 fully saturated rings. The van der Waals surface area contributed by atoms with Crippen LogP contribution in [-0.4, -0.2) is 0 Å². The van der Waals surface area contributed by atoms with Crippen LogP contribution in [0.5, 0.6) is 0 Å². The van der Waals surface area contributed by atoms with Crippen LogP contribution in [0.3, 0.4) is 0 Å². The monoisotopic (exact) mass is 270 g/mol. The minimum absolute atomic E-state index is 0.436.